The van der Waals surface area contributed by atoms with E-state index in [2.05, 4.69) is 5.32 Å². The van der Waals surface area contributed by atoms with E-state index in [0.29, 0.717) is 36.6 Å². The van der Waals surface area contributed by atoms with Gasteiger partial charge >= 0.3 is 0 Å². The quantitative estimate of drug-likeness (QED) is 0.617. The minimum atomic E-state index is -3.86. The van der Waals surface area contributed by atoms with Crippen molar-refractivity contribution in [2.75, 3.05) is 36.4 Å². The number of hydrogen-bond acceptors (Lipinski definition) is 5. The van der Waals surface area contributed by atoms with Gasteiger partial charge < -0.3 is 15.0 Å². The summed E-state index contributed by atoms with van der Waals surface area (Å²) in [5, 5.41) is 2.86. The Kier molecular flexibility index (Phi) is 7.11. The second kappa shape index (κ2) is 10.0. The number of rotatable bonds is 8. The van der Waals surface area contributed by atoms with Crippen molar-refractivity contribution in [1.82, 2.24) is 4.90 Å². The molecule has 2 amide bonds. The van der Waals surface area contributed by atoms with Gasteiger partial charge in [0.05, 0.1) is 29.3 Å². The lowest BCUT2D eigenvalue weighted by Gasteiger charge is -2.32. The summed E-state index contributed by atoms with van der Waals surface area (Å²) in [6, 6.07) is 13.3. The summed E-state index contributed by atoms with van der Waals surface area (Å²) in [7, 11) is -2.39. The predicted molar refractivity (Wildman–Crippen MR) is 130 cm³/mol. The first-order valence-corrected chi connectivity index (χ1v) is 13.1. The number of ether oxygens (including phenoxy) is 1. The fourth-order valence-corrected chi connectivity index (χ4v) is 5.87. The molecule has 0 bridgehead atoms. The maximum absolute atomic E-state index is 13.4. The van der Waals surface area contributed by atoms with Crippen LogP contribution in [0.4, 0.5) is 11.4 Å². The van der Waals surface area contributed by atoms with Crippen molar-refractivity contribution in [2.24, 2.45) is 11.8 Å². The molecule has 8 nitrogen and oxygen atoms in total. The van der Waals surface area contributed by atoms with Gasteiger partial charge in [0.2, 0.25) is 11.8 Å². The monoisotopic (exact) mass is 485 g/mol. The molecule has 1 aliphatic heterocycles. The van der Waals surface area contributed by atoms with Crippen LogP contribution < -0.4 is 14.4 Å². The third-order valence-electron chi connectivity index (χ3n) is 6.38. The lowest BCUT2D eigenvalue weighted by molar-refractivity contribution is -0.135. The fraction of sp³-hybridized carbons (Fsp3) is 0.440. The minimum Gasteiger partial charge on any atom is -0.495 e. The SMILES string of the molecule is CCN(c1ccccc1)S(=O)(=O)c1ccc(OC)c(NC(=O)C2CCCN(C(=O)C3CC3)C2)c1. The zero-order valence-corrected chi connectivity index (χ0v) is 20.4. The summed E-state index contributed by atoms with van der Waals surface area (Å²) in [4.78, 5) is 27.4. The van der Waals surface area contributed by atoms with Gasteiger partial charge in [-0.2, -0.15) is 0 Å². The third kappa shape index (κ3) is 5.04. The molecule has 2 fully saturated rings. The van der Waals surface area contributed by atoms with Gasteiger partial charge in [-0.1, -0.05) is 18.2 Å². The Morgan fingerprint density at radius 3 is 2.47 bits per heavy atom. The number of benzene rings is 2. The number of anilines is 2. The van der Waals surface area contributed by atoms with Crippen LogP contribution in [0.1, 0.15) is 32.6 Å². The van der Waals surface area contributed by atoms with Crippen LogP contribution >= 0.6 is 0 Å². The number of nitrogens with one attached hydrogen (secondary N) is 1. The highest BCUT2D eigenvalue weighted by Crippen LogP contribution is 2.34. The Morgan fingerprint density at radius 2 is 1.82 bits per heavy atom. The van der Waals surface area contributed by atoms with Crippen molar-refractivity contribution < 1.29 is 22.7 Å². The Bertz CT molecular complexity index is 1150. The Hall–Kier alpha value is -3.07. The van der Waals surface area contributed by atoms with Gasteiger partial charge in [0.25, 0.3) is 10.0 Å². The van der Waals surface area contributed by atoms with Gasteiger partial charge in [-0.25, -0.2) is 8.42 Å². The summed E-state index contributed by atoms with van der Waals surface area (Å²) in [5.41, 5.74) is 0.859. The van der Waals surface area contributed by atoms with Gasteiger partial charge in [0.1, 0.15) is 5.75 Å². The van der Waals surface area contributed by atoms with Crippen molar-refractivity contribution in [3.05, 3.63) is 48.5 Å². The zero-order chi connectivity index (χ0) is 24.3. The number of para-hydroxylation sites is 1. The fourth-order valence-electron chi connectivity index (χ4n) is 4.37. The molecule has 0 spiro atoms. The maximum atomic E-state index is 13.4. The second-order valence-corrected chi connectivity index (χ2v) is 10.6. The Morgan fingerprint density at radius 1 is 1.09 bits per heavy atom. The number of amides is 2. The molecule has 2 aromatic rings. The molecule has 1 atom stereocenters. The highest BCUT2D eigenvalue weighted by atomic mass is 32.2. The number of likely N-dealkylation sites (tertiary alicyclic amines) is 1. The molecule has 0 aromatic heterocycles. The van der Waals surface area contributed by atoms with Gasteiger partial charge in [-0.3, -0.25) is 13.9 Å². The van der Waals surface area contributed by atoms with E-state index in [0.717, 1.165) is 19.3 Å². The van der Waals surface area contributed by atoms with Crippen LogP contribution in [0, 0.1) is 11.8 Å². The Labute approximate surface area is 200 Å². The van der Waals surface area contributed by atoms with E-state index in [9.17, 15) is 18.0 Å². The summed E-state index contributed by atoms with van der Waals surface area (Å²) in [5.74, 6) is 0.0462. The molecule has 2 aromatic carbocycles. The lowest BCUT2D eigenvalue weighted by Crippen LogP contribution is -2.44. The third-order valence-corrected chi connectivity index (χ3v) is 8.28. The van der Waals surface area contributed by atoms with Crippen LogP contribution in [0.2, 0.25) is 0 Å². The van der Waals surface area contributed by atoms with Crippen molar-refractivity contribution in [1.29, 1.82) is 0 Å². The molecule has 1 unspecified atom stereocenters. The average molecular weight is 486 g/mol. The zero-order valence-electron chi connectivity index (χ0n) is 19.6. The highest BCUT2D eigenvalue weighted by Gasteiger charge is 2.37. The minimum absolute atomic E-state index is 0.0588. The molecule has 182 valence electrons. The van der Waals surface area contributed by atoms with E-state index in [-0.39, 0.29) is 35.1 Å². The standard InChI is InChI=1S/C25H31N3O5S/c1-3-28(20-9-5-4-6-10-20)34(31,32)21-13-14-23(33-2)22(16-21)26-24(29)19-8-7-15-27(17-19)25(30)18-11-12-18/h4-6,9-10,13-14,16,18-19H,3,7-8,11-12,15,17H2,1-2H3,(H,26,29). The van der Waals surface area contributed by atoms with Gasteiger partial charge in [-0.05, 0) is 62.9 Å². The summed E-state index contributed by atoms with van der Waals surface area (Å²) < 4.78 is 33.5. The molecular formula is C25H31N3O5S. The molecule has 1 aliphatic carbocycles. The van der Waals surface area contributed by atoms with Crippen LogP contribution in [0.3, 0.4) is 0 Å². The lowest BCUT2D eigenvalue weighted by atomic mass is 9.96. The molecule has 0 radical (unpaired) electrons. The molecule has 9 heteroatoms. The highest BCUT2D eigenvalue weighted by molar-refractivity contribution is 7.92. The number of carbonyl (C=O) groups excluding carboxylic acids is 2. The molecule has 1 saturated heterocycles. The summed E-state index contributed by atoms with van der Waals surface area (Å²) >= 11 is 0. The number of hydrogen-bond donors (Lipinski definition) is 1. The number of methoxy groups -OCH3 is 1. The predicted octanol–water partition coefficient (Wildman–Crippen LogP) is 3.50. The second-order valence-electron chi connectivity index (χ2n) is 8.75. The van der Waals surface area contributed by atoms with E-state index in [1.54, 1.807) is 42.2 Å². The first-order valence-electron chi connectivity index (χ1n) is 11.7. The van der Waals surface area contributed by atoms with Gasteiger partial charge in [0, 0.05) is 25.6 Å². The van der Waals surface area contributed by atoms with Crippen LogP contribution in [-0.4, -0.2) is 51.9 Å². The van der Waals surface area contributed by atoms with E-state index >= 15 is 0 Å². The van der Waals surface area contributed by atoms with Crippen molar-refractivity contribution in [3.63, 3.8) is 0 Å². The van der Waals surface area contributed by atoms with E-state index in [4.69, 9.17) is 4.74 Å². The van der Waals surface area contributed by atoms with E-state index < -0.39 is 10.0 Å². The maximum Gasteiger partial charge on any atom is 0.264 e. The smallest absolute Gasteiger partial charge is 0.264 e. The van der Waals surface area contributed by atoms with Crippen LogP contribution in [0.5, 0.6) is 5.75 Å². The molecule has 34 heavy (non-hydrogen) atoms. The van der Waals surface area contributed by atoms with Crippen LogP contribution in [0.25, 0.3) is 0 Å². The topological polar surface area (TPSA) is 96.0 Å². The Balaban J connectivity index is 1.55. The normalized spacial score (nSPS) is 18.3. The van der Waals surface area contributed by atoms with E-state index in [1.807, 2.05) is 6.07 Å². The number of piperidine rings is 1. The number of carbonyl (C=O) groups is 2. The molecule has 2 aliphatic rings. The molecular weight excluding hydrogens is 454 g/mol. The molecule has 1 N–H and O–H groups in total. The van der Waals surface area contributed by atoms with Gasteiger partial charge in [0.15, 0.2) is 0 Å². The first-order chi connectivity index (χ1) is 16.3. The van der Waals surface area contributed by atoms with Gasteiger partial charge in [-0.15, -0.1) is 0 Å². The number of nitrogens with zero attached hydrogens (tertiary/aromatic N) is 2. The largest absolute Gasteiger partial charge is 0.495 e. The molecule has 1 heterocycles. The first kappa shape index (κ1) is 24.1. The van der Waals surface area contributed by atoms with Crippen LogP contribution in [-0.2, 0) is 19.6 Å². The average Bonchev–Trinajstić information content (AvgIpc) is 3.70. The molecule has 4 rings (SSSR count). The van der Waals surface area contributed by atoms with Crippen LogP contribution in [0.15, 0.2) is 53.4 Å². The van der Waals surface area contributed by atoms with Crippen molar-refractivity contribution in [2.45, 2.75) is 37.5 Å². The number of sulfonamides is 1. The van der Waals surface area contributed by atoms with Crippen molar-refractivity contribution in [3.8, 4) is 5.75 Å². The van der Waals surface area contributed by atoms with Crippen molar-refractivity contribution >= 4 is 33.2 Å². The summed E-state index contributed by atoms with van der Waals surface area (Å²) in [6.07, 6.45) is 3.31. The van der Waals surface area contributed by atoms with E-state index in [1.165, 1.54) is 23.5 Å². The molecule has 1 saturated carbocycles. The summed E-state index contributed by atoms with van der Waals surface area (Å²) in [6.45, 7) is 3.10.